The monoisotopic (exact) mass is 623 g/mol. The smallest absolute Gasteiger partial charge is 0.337 e. The van der Waals surface area contributed by atoms with Crippen molar-refractivity contribution >= 4 is 28.9 Å². The number of ether oxygens (including phenoxy) is 1. The van der Waals surface area contributed by atoms with Crippen molar-refractivity contribution in [2.75, 3.05) is 44.7 Å². The van der Waals surface area contributed by atoms with Gasteiger partial charge in [0.1, 0.15) is 0 Å². The predicted octanol–water partition coefficient (Wildman–Crippen LogP) is 5.86. The van der Waals surface area contributed by atoms with Gasteiger partial charge in [-0.1, -0.05) is 66.7 Å². The Kier molecular flexibility index (Phi) is 7.51. The summed E-state index contributed by atoms with van der Waals surface area (Å²) in [5.74, 6) is -7.73. The molecule has 3 aromatic carbocycles. The largest absolute Gasteiger partial charge is 0.478 e. The minimum absolute atomic E-state index is 0.0527. The number of aliphatic carboxylic acids is 1. The van der Waals surface area contributed by atoms with Crippen molar-refractivity contribution in [3.05, 3.63) is 124 Å². The molecule has 2 heterocycles. The SMILES string of the molecule is CCOC(=O)C1=C(c2ccc(N3CCN(C)CC3)cc2)NC=C(C(=O)O)C1C=C1c2ccccc2C2C(c3ccccc31)C2(F)F. The first-order chi connectivity index (χ1) is 22.2. The quantitative estimate of drug-likeness (QED) is 0.333. The molecule has 1 saturated heterocycles. The van der Waals surface area contributed by atoms with Crippen LogP contribution in [0.25, 0.3) is 11.3 Å². The molecule has 2 N–H and O–H groups in total. The number of alkyl halides is 2. The molecular formula is C37H35F2N3O4. The number of benzene rings is 3. The summed E-state index contributed by atoms with van der Waals surface area (Å²) in [5.41, 5.74) is 5.14. The third-order valence-corrected chi connectivity index (χ3v) is 9.61. The van der Waals surface area contributed by atoms with E-state index in [0.29, 0.717) is 39.1 Å². The van der Waals surface area contributed by atoms with E-state index in [-0.39, 0.29) is 17.8 Å². The molecule has 1 saturated carbocycles. The number of anilines is 1. The zero-order chi connectivity index (χ0) is 32.2. The molecular weight excluding hydrogens is 588 g/mol. The molecule has 3 atom stereocenters. The number of carbonyl (C=O) groups is 2. The van der Waals surface area contributed by atoms with Crippen LogP contribution in [0.3, 0.4) is 0 Å². The molecule has 3 unspecified atom stereocenters. The maximum atomic E-state index is 15.3. The molecule has 0 spiro atoms. The zero-order valence-corrected chi connectivity index (χ0v) is 25.7. The number of halogens is 2. The highest BCUT2D eigenvalue weighted by molar-refractivity contribution is 6.04. The predicted molar refractivity (Wildman–Crippen MR) is 172 cm³/mol. The lowest BCUT2D eigenvalue weighted by molar-refractivity contribution is -0.138. The second kappa shape index (κ2) is 11.6. The number of fused-ring (bicyclic) bond motifs is 5. The molecule has 2 aliphatic heterocycles. The third kappa shape index (κ3) is 4.99. The van der Waals surface area contributed by atoms with E-state index in [4.69, 9.17) is 4.74 Å². The number of rotatable bonds is 6. The Balaban J connectivity index is 1.39. The van der Waals surface area contributed by atoms with Crippen molar-refractivity contribution in [2.24, 2.45) is 5.92 Å². The van der Waals surface area contributed by atoms with Gasteiger partial charge in [-0.3, -0.25) is 0 Å². The van der Waals surface area contributed by atoms with Crippen molar-refractivity contribution in [1.29, 1.82) is 0 Å². The molecule has 7 rings (SSSR count). The number of nitrogens with zero attached hydrogens (tertiary/aromatic N) is 2. The van der Waals surface area contributed by atoms with Gasteiger partial charge in [-0.25, -0.2) is 18.4 Å². The second-order valence-corrected chi connectivity index (χ2v) is 12.3. The van der Waals surface area contributed by atoms with Crippen LogP contribution in [0.15, 0.2) is 96.2 Å². The Labute approximate surface area is 266 Å². The second-order valence-electron chi connectivity index (χ2n) is 12.3. The Morgan fingerprint density at radius 1 is 0.935 bits per heavy atom. The van der Waals surface area contributed by atoms with Gasteiger partial charge in [0.25, 0.3) is 5.92 Å². The first kappa shape index (κ1) is 29.9. The zero-order valence-electron chi connectivity index (χ0n) is 25.7. The maximum Gasteiger partial charge on any atom is 0.337 e. The van der Waals surface area contributed by atoms with E-state index in [9.17, 15) is 14.7 Å². The van der Waals surface area contributed by atoms with Crippen LogP contribution in [0.2, 0.25) is 0 Å². The van der Waals surface area contributed by atoms with E-state index in [1.165, 1.54) is 6.20 Å². The molecule has 7 nitrogen and oxygen atoms in total. The van der Waals surface area contributed by atoms with E-state index in [0.717, 1.165) is 31.9 Å². The fourth-order valence-corrected chi connectivity index (χ4v) is 7.20. The number of allylic oxidation sites excluding steroid dienone is 1. The summed E-state index contributed by atoms with van der Waals surface area (Å²) in [6.45, 7) is 5.53. The number of carboxylic acids is 1. The van der Waals surface area contributed by atoms with Crippen LogP contribution in [-0.4, -0.2) is 67.7 Å². The molecule has 0 aromatic heterocycles. The van der Waals surface area contributed by atoms with Gasteiger partial charge in [-0.2, -0.15) is 0 Å². The topological polar surface area (TPSA) is 82.1 Å². The van der Waals surface area contributed by atoms with Gasteiger partial charge in [0.15, 0.2) is 0 Å². The average Bonchev–Trinajstić information content (AvgIpc) is 3.67. The summed E-state index contributed by atoms with van der Waals surface area (Å²) in [6, 6.07) is 22.0. The van der Waals surface area contributed by atoms with Crippen LogP contribution in [0.4, 0.5) is 14.5 Å². The van der Waals surface area contributed by atoms with Crippen molar-refractivity contribution in [1.82, 2.24) is 10.2 Å². The number of hydrogen-bond acceptors (Lipinski definition) is 6. The third-order valence-electron chi connectivity index (χ3n) is 9.61. The number of nitrogens with one attached hydrogen (secondary N) is 1. The molecule has 0 amide bonds. The number of likely N-dealkylation sites (N-methyl/N-ethyl adjacent to an activating group) is 1. The van der Waals surface area contributed by atoms with Gasteiger partial charge in [-0.15, -0.1) is 0 Å². The number of carboxylic acid groups (broad SMARTS) is 1. The molecule has 0 bridgehead atoms. The van der Waals surface area contributed by atoms with Gasteiger partial charge in [0.2, 0.25) is 0 Å². The first-order valence-corrected chi connectivity index (χ1v) is 15.6. The number of dihydropyridines is 1. The van der Waals surface area contributed by atoms with Crippen molar-refractivity contribution in [3.8, 4) is 0 Å². The maximum absolute atomic E-state index is 15.3. The minimum Gasteiger partial charge on any atom is -0.478 e. The van der Waals surface area contributed by atoms with E-state index in [1.54, 1.807) is 61.5 Å². The summed E-state index contributed by atoms with van der Waals surface area (Å²) in [4.78, 5) is 31.1. The van der Waals surface area contributed by atoms with Gasteiger partial charge in [0.05, 0.1) is 35.3 Å². The van der Waals surface area contributed by atoms with E-state index >= 15 is 8.78 Å². The van der Waals surface area contributed by atoms with Gasteiger partial charge in [-0.05, 0) is 59.5 Å². The van der Waals surface area contributed by atoms with Crippen molar-refractivity contribution < 1.29 is 28.2 Å². The van der Waals surface area contributed by atoms with Gasteiger partial charge >= 0.3 is 11.9 Å². The van der Waals surface area contributed by atoms with E-state index in [1.807, 2.05) is 24.3 Å². The summed E-state index contributed by atoms with van der Waals surface area (Å²) in [5, 5.41) is 13.5. The molecule has 9 heteroatoms. The van der Waals surface area contributed by atoms with Crippen LogP contribution in [0, 0.1) is 5.92 Å². The Morgan fingerprint density at radius 2 is 1.52 bits per heavy atom. The van der Waals surface area contributed by atoms with Crippen LogP contribution in [0.1, 0.15) is 46.6 Å². The van der Waals surface area contributed by atoms with Crippen LogP contribution >= 0.6 is 0 Å². The first-order valence-electron chi connectivity index (χ1n) is 15.6. The molecule has 236 valence electrons. The molecule has 2 fully saturated rings. The van der Waals surface area contributed by atoms with Gasteiger partial charge < -0.3 is 25.0 Å². The minimum atomic E-state index is -2.89. The normalized spacial score (nSPS) is 23.2. The molecule has 46 heavy (non-hydrogen) atoms. The Hall–Kier alpha value is -4.76. The lowest BCUT2D eigenvalue weighted by Gasteiger charge is -2.34. The van der Waals surface area contributed by atoms with Crippen LogP contribution in [-0.2, 0) is 14.3 Å². The Morgan fingerprint density at radius 3 is 2.09 bits per heavy atom. The summed E-state index contributed by atoms with van der Waals surface area (Å²) in [7, 11) is 2.10. The highest BCUT2D eigenvalue weighted by Gasteiger charge is 2.70. The lowest BCUT2D eigenvalue weighted by Crippen LogP contribution is -2.44. The van der Waals surface area contributed by atoms with E-state index < -0.39 is 35.6 Å². The average molecular weight is 624 g/mol. The lowest BCUT2D eigenvalue weighted by atomic mass is 9.81. The van der Waals surface area contributed by atoms with Crippen molar-refractivity contribution in [2.45, 2.75) is 24.7 Å². The molecule has 2 aliphatic carbocycles. The number of carbonyl (C=O) groups excluding carboxylic acids is 1. The van der Waals surface area contributed by atoms with E-state index in [2.05, 4.69) is 22.2 Å². The summed E-state index contributed by atoms with van der Waals surface area (Å²) in [6.07, 6.45) is 3.16. The molecule has 3 aromatic rings. The van der Waals surface area contributed by atoms with Crippen molar-refractivity contribution in [3.63, 3.8) is 0 Å². The standard InChI is InChI=1S/C37H35F2N3O4/c1-3-46-36(45)31-29(20-28-24-8-4-6-10-26(24)32-33(37(32,38)39)27-11-7-5-9-25(27)28)30(35(43)44)21-40-34(31)22-12-14-23(15-13-22)42-18-16-41(2)17-19-42/h4-15,20-21,29,32-33,40H,3,16-19H2,1-2H3,(H,43,44). The number of piperazine rings is 1. The Bertz CT molecular complexity index is 1750. The fourth-order valence-electron chi connectivity index (χ4n) is 7.20. The number of esters is 1. The summed E-state index contributed by atoms with van der Waals surface area (Å²) < 4.78 is 36.0. The highest BCUT2D eigenvalue weighted by Crippen LogP contribution is 2.70. The fraction of sp³-hybridized carbons (Fsp3) is 0.297. The van der Waals surface area contributed by atoms with Crippen LogP contribution < -0.4 is 10.2 Å². The molecule has 4 aliphatic rings. The highest BCUT2D eigenvalue weighted by atomic mass is 19.3. The van der Waals surface area contributed by atoms with Crippen LogP contribution in [0.5, 0.6) is 0 Å². The number of hydrogen-bond donors (Lipinski definition) is 2. The molecule has 0 radical (unpaired) electrons. The summed E-state index contributed by atoms with van der Waals surface area (Å²) >= 11 is 0. The van der Waals surface area contributed by atoms with Gasteiger partial charge in [0, 0.05) is 44.0 Å².